The average molecular weight is 186 g/mol. The Morgan fingerprint density at radius 2 is 1.85 bits per heavy atom. The van der Waals surface area contributed by atoms with Crippen molar-refractivity contribution in [3.05, 3.63) is 0 Å². The second-order valence-electron chi connectivity index (χ2n) is 4.03. The molecule has 0 amide bonds. The molecule has 0 bridgehead atoms. The van der Waals surface area contributed by atoms with Crippen molar-refractivity contribution in [2.75, 3.05) is 32.7 Å². The summed E-state index contributed by atoms with van der Waals surface area (Å²) in [6.45, 7) is 14.8. The molecule has 0 saturated carbocycles. The zero-order valence-electron chi connectivity index (χ0n) is 9.77. The number of hydrogen-bond donors (Lipinski definition) is 1. The molecule has 0 aromatic rings. The summed E-state index contributed by atoms with van der Waals surface area (Å²) in [7, 11) is 0. The predicted octanol–water partition coefficient (Wildman–Crippen LogP) is 1.96. The highest BCUT2D eigenvalue weighted by Gasteiger charge is 1.99. The molecule has 13 heavy (non-hydrogen) atoms. The smallest absolute Gasteiger partial charge is 0.0107 e. The van der Waals surface area contributed by atoms with Gasteiger partial charge in [0.1, 0.15) is 0 Å². The van der Waals surface area contributed by atoms with Gasteiger partial charge in [-0.2, -0.15) is 0 Å². The van der Waals surface area contributed by atoms with Crippen LogP contribution < -0.4 is 5.32 Å². The van der Waals surface area contributed by atoms with E-state index in [1.807, 2.05) is 0 Å². The van der Waals surface area contributed by atoms with Gasteiger partial charge in [0.15, 0.2) is 0 Å². The minimum atomic E-state index is 0.765. The second kappa shape index (κ2) is 8.52. The van der Waals surface area contributed by atoms with Crippen LogP contribution >= 0.6 is 0 Å². The van der Waals surface area contributed by atoms with Crippen molar-refractivity contribution >= 4 is 0 Å². The Hall–Kier alpha value is -0.0800. The van der Waals surface area contributed by atoms with Gasteiger partial charge in [0.05, 0.1) is 0 Å². The molecule has 0 fully saturated rings. The highest BCUT2D eigenvalue weighted by molar-refractivity contribution is 4.58. The molecule has 0 saturated heterocycles. The third-order valence-corrected chi connectivity index (χ3v) is 2.14. The lowest BCUT2D eigenvalue weighted by Gasteiger charge is -2.19. The molecule has 2 heteroatoms. The van der Waals surface area contributed by atoms with Crippen LogP contribution in [0.25, 0.3) is 0 Å². The first-order valence-corrected chi connectivity index (χ1v) is 5.63. The van der Waals surface area contributed by atoms with Crippen LogP contribution in [0.4, 0.5) is 0 Å². The van der Waals surface area contributed by atoms with Gasteiger partial charge in [-0.05, 0) is 32.0 Å². The topological polar surface area (TPSA) is 15.3 Å². The summed E-state index contributed by atoms with van der Waals surface area (Å²) < 4.78 is 0. The fourth-order valence-electron chi connectivity index (χ4n) is 1.37. The summed E-state index contributed by atoms with van der Waals surface area (Å²) in [5.74, 6) is 0.765. The molecular weight excluding hydrogens is 160 g/mol. The van der Waals surface area contributed by atoms with Gasteiger partial charge in [0.2, 0.25) is 0 Å². The Labute approximate surface area is 83.7 Å². The lowest BCUT2D eigenvalue weighted by Crippen LogP contribution is -2.33. The first kappa shape index (κ1) is 12.9. The zero-order chi connectivity index (χ0) is 10.1. The van der Waals surface area contributed by atoms with Crippen molar-refractivity contribution < 1.29 is 0 Å². The van der Waals surface area contributed by atoms with E-state index in [2.05, 4.69) is 37.9 Å². The minimum absolute atomic E-state index is 0.765. The van der Waals surface area contributed by atoms with Gasteiger partial charge in [-0.3, -0.25) is 0 Å². The Balaban J connectivity index is 3.27. The second-order valence-corrected chi connectivity index (χ2v) is 4.03. The number of rotatable bonds is 8. The van der Waals surface area contributed by atoms with Gasteiger partial charge in [0, 0.05) is 13.1 Å². The number of nitrogens with zero attached hydrogens (tertiary/aromatic N) is 1. The maximum atomic E-state index is 3.47. The van der Waals surface area contributed by atoms with Crippen LogP contribution in [-0.2, 0) is 0 Å². The third-order valence-electron chi connectivity index (χ3n) is 2.14. The Morgan fingerprint density at radius 3 is 2.31 bits per heavy atom. The molecule has 0 spiro atoms. The van der Waals surface area contributed by atoms with Crippen molar-refractivity contribution in [2.45, 2.75) is 34.1 Å². The Kier molecular flexibility index (Phi) is 8.46. The molecule has 0 aliphatic rings. The van der Waals surface area contributed by atoms with E-state index < -0.39 is 0 Å². The molecule has 0 aliphatic heterocycles. The largest absolute Gasteiger partial charge is 0.315 e. The van der Waals surface area contributed by atoms with E-state index >= 15 is 0 Å². The summed E-state index contributed by atoms with van der Waals surface area (Å²) in [5, 5.41) is 3.47. The van der Waals surface area contributed by atoms with Gasteiger partial charge in [-0.25, -0.2) is 0 Å². The molecule has 2 nitrogen and oxygen atoms in total. The SMILES string of the molecule is CCCN(CC)CCNCC(C)C. The van der Waals surface area contributed by atoms with Gasteiger partial charge in [-0.1, -0.05) is 27.7 Å². The molecular formula is C11H26N2. The van der Waals surface area contributed by atoms with Crippen LogP contribution in [0, 0.1) is 5.92 Å². The summed E-state index contributed by atoms with van der Waals surface area (Å²) >= 11 is 0. The maximum absolute atomic E-state index is 3.47. The van der Waals surface area contributed by atoms with Crippen molar-refractivity contribution in [3.8, 4) is 0 Å². The van der Waals surface area contributed by atoms with Crippen LogP contribution in [-0.4, -0.2) is 37.6 Å². The fourth-order valence-corrected chi connectivity index (χ4v) is 1.37. The lowest BCUT2D eigenvalue weighted by atomic mass is 10.2. The van der Waals surface area contributed by atoms with Crippen LogP contribution in [0.2, 0.25) is 0 Å². The number of likely N-dealkylation sites (N-methyl/N-ethyl adjacent to an activating group) is 1. The zero-order valence-corrected chi connectivity index (χ0v) is 9.77. The molecule has 0 atom stereocenters. The van der Waals surface area contributed by atoms with Gasteiger partial charge in [0.25, 0.3) is 0 Å². The van der Waals surface area contributed by atoms with Gasteiger partial charge < -0.3 is 10.2 Å². The number of hydrogen-bond acceptors (Lipinski definition) is 2. The normalized spacial score (nSPS) is 11.5. The monoisotopic (exact) mass is 186 g/mol. The van der Waals surface area contributed by atoms with Gasteiger partial charge >= 0.3 is 0 Å². The summed E-state index contributed by atoms with van der Waals surface area (Å²) in [4.78, 5) is 2.49. The maximum Gasteiger partial charge on any atom is 0.0107 e. The molecule has 0 unspecified atom stereocenters. The van der Waals surface area contributed by atoms with Crippen LogP contribution in [0.5, 0.6) is 0 Å². The minimum Gasteiger partial charge on any atom is -0.315 e. The molecule has 0 radical (unpaired) electrons. The molecule has 0 aromatic heterocycles. The van der Waals surface area contributed by atoms with Crippen LogP contribution in [0.3, 0.4) is 0 Å². The molecule has 1 N–H and O–H groups in total. The molecule has 0 aliphatic carbocycles. The van der Waals surface area contributed by atoms with Crippen molar-refractivity contribution in [1.29, 1.82) is 0 Å². The van der Waals surface area contributed by atoms with E-state index in [0.29, 0.717) is 0 Å². The van der Waals surface area contributed by atoms with Gasteiger partial charge in [-0.15, -0.1) is 0 Å². The van der Waals surface area contributed by atoms with E-state index in [1.54, 1.807) is 0 Å². The highest BCUT2D eigenvalue weighted by Crippen LogP contribution is 1.90. The van der Waals surface area contributed by atoms with E-state index in [1.165, 1.54) is 26.1 Å². The van der Waals surface area contributed by atoms with E-state index in [4.69, 9.17) is 0 Å². The average Bonchev–Trinajstić information content (AvgIpc) is 2.10. The summed E-state index contributed by atoms with van der Waals surface area (Å²) in [6.07, 6.45) is 1.26. The van der Waals surface area contributed by atoms with Crippen molar-refractivity contribution in [1.82, 2.24) is 10.2 Å². The van der Waals surface area contributed by atoms with Crippen LogP contribution in [0.15, 0.2) is 0 Å². The Morgan fingerprint density at radius 1 is 1.15 bits per heavy atom. The number of nitrogens with one attached hydrogen (secondary N) is 1. The van der Waals surface area contributed by atoms with E-state index in [-0.39, 0.29) is 0 Å². The molecule has 80 valence electrons. The fraction of sp³-hybridized carbons (Fsp3) is 1.00. The first-order chi connectivity index (χ1) is 6.20. The van der Waals surface area contributed by atoms with Crippen LogP contribution in [0.1, 0.15) is 34.1 Å². The predicted molar refractivity (Wildman–Crippen MR) is 60.1 cm³/mol. The summed E-state index contributed by atoms with van der Waals surface area (Å²) in [5.41, 5.74) is 0. The van der Waals surface area contributed by atoms with Crippen molar-refractivity contribution in [3.63, 3.8) is 0 Å². The molecule has 0 aromatic carbocycles. The van der Waals surface area contributed by atoms with E-state index in [9.17, 15) is 0 Å². The summed E-state index contributed by atoms with van der Waals surface area (Å²) in [6, 6.07) is 0. The van der Waals surface area contributed by atoms with Crippen molar-refractivity contribution in [2.24, 2.45) is 5.92 Å². The quantitative estimate of drug-likeness (QED) is 0.583. The highest BCUT2D eigenvalue weighted by atomic mass is 15.1. The molecule has 0 rings (SSSR count). The Bertz CT molecular complexity index is 102. The third kappa shape index (κ3) is 8.26. The first-order valence-electron chi connectivity index (χ1n) is 5.63. The van der Waals surface area contributed by atoms with E-state index in [0.717, 1.165) is 19.0 Å². The lowest BCUT2D eigenvalue weighted by molar-refractivity contribution is 0.286. The molecule has 0 heterocycles. The standard InChI is InChI=1S/C11H26N2/c1-5-8-13(6-2)9-7-12-10-11(3)4/h11-12H,5-10H2,1-4H3.